The van der Waals surface area contributed by atoms with Gasteiger partial charge < -0.3 is 9.55 Å². The number of aryl methyl sites for hydroxylation is 1. The lowest BCUT2D eigenvalue weighted by molar-refractivity contribution is 0.798. The molecule has 0 saturated heterocycles. The summed E-state index contributed by atoms with van der Waals surface area (Å²) in [7, 11) is 0. The Bertz CT molecular complexity index is 616. The van der Waals surface area contributed by atoms with Gasteiger partial charge in [-0.1, -0.05) is 6.07 Å². The van der Waals surface area contributed by atoms with Crippen LogP contribution in [0.25, 0.3) is 11.0 Å². The lowest BCUT2D eigenvalue weighted by atomic mass is 10.2. The van der Waals surface area contributed by atoms with Gasteiger partial charge in [0.15, 0.2) is 0 Å². The van der Waals surface area contributed by atoms with Crippen LogP contribution in [0.4, 0.5) is 0 Å². The third kappa shape index (κ3) is 2.83. The van der Waals surface area contributed by atoms with Gasteiger partial charge in [0.2, 0.25) is 0 Å². The molecule has 0 spiro atoms. The van der Waals surface area contributed by atoms with Crippen molar-refractivity contribution in [3.63, 3.8) is 0 Å². The van der Waals surface area contributed by atoms with Crippen LogP contribution in [0.5, 0.6) is 0 Å². The first-order chi connectivity index (χ1) is 7.81. The lowest BCUT2D eigenvalue weighted by Crippen LogP contribution is -1.95. The van der Waals surface area contributed by atoms with Gasteiger partial charge in [-0.3, -0.25) is 0 Å². The normalized spacial score (nSPS) is 9.83. The second kappa shape index (κ2) is 5.89. The number of fused-ring (bicyclic) bond motifs is 1. The zero-order chi connectivity index (χ0) is 11.0. The van der Waals surface area contributed by atoms with E-state index in [1.54, 1.807) is 6.20 Å². The summed E-state index contributed by atoms with van der Waals surface area (Å²) in [6.45, 7) is 2.81. The maximum absolute atomic E-state index is 4.38. The van der Waals surface area contributed by atoms with Crippen molar-refractivity contribution in [3.05, 3.63) is 48.3 Å². The van der Waals surface area contributed by atoms with E-state index in [1.807, 2.05) is 30.1 Å². The van der Waals surface area contributed by atoms with Crippen molar-refractivity contribution >= 4 is 35.8 Å². The fourth-order valence-electron chi connectivity index (χ4n) is 1.87. The lowest BCUT2D eigenvalue weighted by Gasteiger charge is -2.01. The van der Waals surface area contributed by atoms with Gasteiger partial charge in [-0.05, 0) is 24.6 Å². The number of aromatic nitrogens is 4. The number of nitrogens with one attached hydrogen (secondary N) is 1. The van der Waals surface area contributed by atoms with E-state index in [0.29, 0.717) is 0 Å². The first kappa shape index (κ1) is 14.5. The van der Waals surface area contributed by atoms with Gasteiger partial charge in [0, 0.05) is 18.9 Å². The Morgan fingerprint density at radius 1 is 1.28 bits per heavy atom. The van der Waals surface area contributed by atoms with Gasteiger partial charge >= 0.3 is 0 Å². The molecule has 18 heavy (non-hydrogen) atoms. The Morgan fingerprint density at radius 2 is 2.11 bits per heavy atom. The summed E-state index contributed by atoms with van der Waals surface area (Å²) < 4.78 is 2.05. The van der Waals surface area contributed by atoms with E-state index in [-0.39, 0.29) is 24.8 Å². The molecule has 0 aliphatic carbocycles. The van der Waals surface area contributed by atoms with Gasteiger partial charge in [-0.2, -0.15) is 0 Å². The predicted molar refractivity (Wildman–Crippen MR) is 76.7 cm³/mol. The molecule has 2 aromatic heterocycles. The van der Waals surface area contributed by atoms with E-state index in [1.165, 1.54) is 5.56 Å². The van der Waals surface area contributed by atoms with Crippen LogP contribution >= 0.6 is 24.8 Å². The van der Waals surface area contributed by atoms with Crippen LogP contribution in [0.1, 0.15) is 11.4 Å². The van der Waals surface area contributed by atoms with Crippen molar-refractivity contribution in [2.24, 2.45) is 0 Å². The molecule has 0 atom stereocenters. The van der Waals surface area contributed by atoms with E-state index < -0.39 is 0 Å². The highest BCUT2D eigenvalue weighted by atomic mass is 35.5. The highest BCUT2D eigenvalue weighted by Crippen LogP contribution is 2.14. The second-order valence-corrected chi connectivity index (χ2v) is 3.91. The number of hydrogen-bond acceptors (Lipinski definition) is 2. The van der Waals surface area contributed by atoms with Crippen LogP contribution in [0.2, 0.25) is 0 Å². The van der Waals surface area contributed by atoms with Gasteiger partial charge in [0.1, 0.15) is 5.82 Å². The molecule has 4 nitrogen and oxygen atoms in total. The summed E-state index contributed by atoms with van der Waals surface area (Å²) in [6, 6.07) is 6.28. The minimum absolute atomic E-state index is 0. The average Bonchev–Trinajstić information content (AvgIpc) is 2.85. The monoisotopic (exact) mass is 284 g/mol. The molecular weight excluding hydrogens is 271 g/mol. The average molecular weight is 285 g/mol. The standard InChI is InChI=1S/C12H12N4.2ClH/c1-9-14-11-3-2-10(6-12(11)15-9)7-16-5-4-13-8-16;;/h2-6,8H,7H2,1H3,(H,14,15);2*1H. The Kier molecular flexibility index (Phi) is 4.76. The molecule has 1 aromatic carbocycles. The fraction of sp³-hybridized carbons (Fsp3) is 0.167. The maximum Gasteiger partial charge on any atom is 0.104 e. The van der Waals surface area contributed by atoms with Crippen molar-refractivity contribution in [2.75, 3.05) is 0 Å². The first-order valence-electron chi connectivity index (χ1n) is 5.22. The van der Waals surface area contributed by atoms with E-state index in [0.717, 1.165) is 23.4 Å². The second-order valence-electron chi connectivity index (χ2n) is 3.91. The summed E-state index contributed by atoms with van der Waals surface area (Å²) in [5.74, 6) is 0.954. The summed E-state index contributed by atoms with van der Waals surface area (Å²) in [5.41, 5.74) is 3.36. The number of H-pyrrole nitrogens is 1. The summed E-state index contributed by atoms with van der Waals surface area (Å²) in [4.78, 5) is 11.6. The molecule has 0 amide bonds. The van der Waals surface area contributed by atoms with Gasteiger partial charge in [0.05, 0.1) is 17.4 Å². The molecule has 2 heterocycles. The third-order valence-corrected chi connectivity index (χ3v) is 2.59. The summed E-state index contributed by atoms with van der Waals surface area (Å²) in [5, 5.41) is 0. The quantitative estimate of drug-likeness (QED) is 0.787. The number of halogens is 2. The molecule has 96 valence electrons. The molecule has 0 aliphatic rings. The fourth-order valence-corrected chi connectivity index (χ4v) is 1.87. The Hall–Kier alpha value is -1.52. The minimum atomic E-state index is 0. The van der Waals surface area contributed by atoms with Crippen molar-refractivity contribution in [3.8, 4) is 0 Å². The van der Waals surface area contributed by atoms with Crippen molar-refractivity contribution in [2.45, 2.75) is 13.5 Å². The Labute approximate surface area is 117 Å². The van der Waals surface area contributed by atoms with Crippen LogP contribution in [0.15, 0.2) is 36.9 Å². The molecule has 0 bridgehead atoms. The van der Waals surface area contributed by atoms with Crippen molar-refractivity contribution < 1.29 is 0 Å². The summed E-state index contributed by atoms with van der Waals surface area (Å²) >= 11 is 0. The highest BCUT2D eigenvalue weighted by Gasteiger charge is 2.01. The van der Waals surface area contributed by atoms with Crippen LogP contribution in [0, 0.1) is 6.92 Å². The van der Waals surface area contributed by atoms with Gasteiger partial charge in [-0.15, -0.1) is 24.8 Å². The molecule has 1 N–H and O–H groups in total. The number of benzene rings is 1. The number of imidazole rings is 2. The zero-order valence-corrected chi connectivity index (χ0v) is 11.5. The van der Waals surface area contributed by atoms with Crippen LogP contribution in [-0.2, 0) is 6.54 Å². The third-order valence-electron chi connectivity index (χ3n) is 2.59. The van der Waals surface area contributed by atoms with Crippen molar-refractivity contribution in [1.29, 1.82) is 0 Å². The summed E-state index contributed by atoms with van der Waals surface area (Å²) in [6.07, 6.45) is 5.57. The van der Waals surface area contributed by atoms with Crippen LogP contribution in [0.3, 0.4) is 0 Å². The number of rotatable bonds is 2. The Morgan fingerprint density at radius 3 is 2.83 bits per heavy atom. The molecule has 0 fully saturated rings. The van der Waals surface area contributed by atoms with E-state index in [2.05, 4.69) is 27.1 Å². The smallest absolute Gasteiger partial charge is 0.104 e. The zero-order valence-electron chi connectivity index (χ0n) is 9.83. The molecular formula is C12H14Cl2N4. The van der Waals surface area contributed by atoms with E-state index in [4.69, 9.17) is 0 Å². The number of hydrogen-bond donors (Lipinski definition) is 1. The molecule has 0 unspecified atom stereocenters. The minimum Gasteiger partial charge on any atom is -0.342 e. The van der Waals surface area contributed by atoms with Gasteiger partial charge in [0.25, 0.3) is 0 Å². The van der Waals surface area contributed by atoms with E-state index in [9.17, 15) is 0 Å². The van der Waals surface area contributed by atoms with E-state index >= 15 is 0 Å². The van der Waals surface area contributed by atoms with Crippen LogP contribution < -0.4 is 0 Å². The van der Waals surface area contributed by atoms with Crippen LogP contribution in [-0.4, -0.2) is 19.5 Å². The molecule has 6 heteroatoms. The number of nitrogens with zero attached hydrogens (tertiary/aromatic N) is 3. The molecule has 0 radical (unpaired) electrons. The molecule has 3 rings (SSSR count). The highest BCUT2D eigenvalue weighted by molar-refractivity contribution is 5.85. The molecule has 0 saturated carbocycles. The first-order valence-corrected chi connectivity index (χ1v) is 5.22. The predicted octanol–water partition coefficient (Wildman–Crippen LogP) is 2.96. The largest absolute Gasteiger partial charge is 0.342 e. The topological polar surface area (TPSA) is 46.5 Å². The Balaban J connectivity index is 0.000000810. The SMILES string of the molecule is Cc1nc2ccc(Cn3ccnc3)cc2[nH]1.Cl.Cl. The maximum atomic E-state index is 4.38. The molecule has 0 aliphatic heterocycles. The van der Waals surface area contributed by atoms with Gasteiger partial charge in [-0.25, -0.2) is 9.97 Å². The number of aromatic amines is 1. The van der Waals surface area contributed by atoms with Crippen molar-refractivity contribution in [1.82, 2.24) is 19.5 Å². The molecule has 3 aromatic rings.